The van der Waals surface area contributed by atoms with Crippen molar-refractivity contribution in [2.24, 2.45) is 13.0 Å². The van der Waals surface area contributed by atoms with Crippen molar-refractivity contribution < 1.29 is 8.42 Å². The van der Waals surface area contributed by atoms with Crippen molar-refractivity contribution in [1.82, 2.24) is 19.3 Å². The topological polar surface area (TPSA) is 68.1 Å². The molecule has 0 amide bonds. The zero-order valence-electron chi connectivity index (χ0n) is 10.5. The maximum atomic E-state index is 12.4. The van der Waals surface area contributed by atoms with Crippen LogP contribution >= 0.6 is 15.9 Å². The standard InChI is InChI=1S/C9H17BrN4O2S/c1-6(2)7(3)14(5)17(15,16)9-8(10)11-12-13(9)4/h6-7H,1-5H3. The molecule has 0 saturated carbocycles. The minimum Gasteiger partial charge on any atom is -0.235 e. The van der Waals surface area contributed by atoms with E-state index >= 15 is 0 Å². The fraction of sp³-hybridized carbons (Fsp3) is 0.778. The third kappa shape index (κ3) is 2.69. The number of aryl methyl sites for hydroxylation is 1. The summed E-state index contributed by atoms with van der Waals surface area (Å²) < 4.78 is 27.6. The summed E-state index contributed by atoms with van der Waals surface area (Å²) >= 11 is 3.11. The van der Waals surface area contributed by atoms with Crippen LogP contribution < -0.4 is 0 Å². The second-order valence-electron chi connectivity index (χ2n) is 4.31. The van der Waals surface area contributed by atoms with Crippen molar-refractivity contribution in [2.75, 3.05) is 7.05 Å². The van der Waals surface area contributed by atoms with E-state index in [-0.39, 0.29) is 21.6 Å². The molecule has 98 valence electrons. The summed E-state index contributed by atoms with van der Waals surface area (Å²) in [7, 11) is -0.454. The highest BCUT2D eigenvalue weighted by Crippen LogP contribution is 2.24. The smallest absolute Gasteiger partial charge is 0.235 e. The quantitative estimate of drug-likeness (QED) is 0.835. The van der Waals surface area contributed by atoms with Crippen LogP contribution in [0.5, 0.6) is 0 Å². The van der Waals surface area contributed by atoms with E-state index < -0.39 is 10.0 Å². The first-order valence-electron chi connectivity index (χ1n) is 5.22. The minimum atomic E-state index is -3.58. The molecule has 0 aliphatic carbocycles. The predicted molar refractivity (Wildman–Crippen MR) is 68.0 cm³/mol. The summed E-state index contributed by atoms with van der Waals surface area (Å²) in [6, 6.07) is -0.0956. The highest BCUT2D eigenvalue weighted by atomic mass is 79.9. The number of nitrogens with zero attached hydrogens (tertiary/aromatic N) is 4. The van der Waals surface area contributed by atoms with Crippen LogP contribution in [0.25, 0.3) is 0 Å². The van der Waals surface area contributed by atoms with Crippen LogP contribution in [0.3, 0.4) is 0 Å². The first-order chi connectivity index (χ1) is 7.69. The van der Waals surface area contributed by atoms with E-state index in [1.165, 1.54) is 8.99 Å². The SMILES string of the molecule is CC(C)C(C)N(C)S(=O)(=O)c1c(Br)nnn1C. The molecular weight excluding hydrogens is 308 g/mol. The molecule has 0 saturated heterocycles. The lowest BCUT2D eigenvalue weighted by molar-refractivity contribution is 0.313. The van der Waals surface area contributed by atoms with Crippen LogP contribution in [0, 0.1) is 5.92 Å². The molecule has 1 aromatic heterocycles. The first kappa shape index (κ1) is 14.6. The third-order valence-electron chi connectivity index (χ3n) is 2.90. The van der Waals surface area contributed by atoms with Crippen LogP contribution in [0.1, 0.15) is 20.8 Å². The molecule has 1 atom stereocenters. The molecule has 0 spiro atoms. The number of hydrogen-bond donors (Lipinski definition) is 0. The molecule has 0 radical (unpaired) electrons. The number of rotatable bonds is 4. The molecule has 0 aromatic carbocycles. The molecule has 0 aliphatic rings. The second kappa shape index (κ2) is 5.03. The van der Waals surface area contributed by atoms with Crippen molar-refractivity contribution in [1.29, 1.82) is 0 Å². The Morgan fingerprint density at radius 1 is 1.35 bits per heavy atom. The molecule has 17 heavy (non-hydrogen) atoms. The monoisotopic (exact) mass is 324 g/mol. The van der Waals surface area contributed by atoms with E-state index in [0.717, 1.165) is 0 Å². The maximum Gasteiger partial charge on any atom is 0.263 e. The Bertz CT molecular complexity index is 478. The van der Waals surface area contributed by atoms with Crippen molar-refractivity contribution in [3.63, 3.8) is 0 Å². The maximum absolute atomic E-state index is 12.4. The molecular formula is C9H17BrN4O2S. The fourth-order valence-electron chi connectivity index (χ4n) is 1.37. The van der Waals surface area contributed by atoms with Gasteiger partial charge in [0.2, 0.25) is 5.03 Å². The summed E-state index contributed by atoms with van der Waals surface area (Å²) in [4.78, 5) is 0. The summed E-state index contributed by atoms with van der Waals surface area (Å²) in [6.45, 7) is 5.83. The van der Waals surface area contributed by atoms with Gasteiger partial charge in [-0.3, -0.25) is 0 Å². The van der Waals surface area contributed by atoms with Crippen molar-refractivity contribution >= 4 is 26.0 Å². The van der Waals surface area contributed by atoms with Gasteiger partial charge >= 0.3 is 0 Å². The Balaban J connectivity index is 3.21. The fourth-order valence-corrected chi connectivity index (χ4v) is 3.89. The highest BCUT2D eigenvalue weighted by Gasteiger charge is 2.32. The Hall–Kier alpha value is -0.470. The normalized spacial score (nSPS) is 14.6. The molecule has 0 bridgehead atoms. The zero-order chi connectivity index (χ0) is 13.4. The van der Waals surface area contributed by atoms with Crippen molar-refractivity contribution in [2.45, 2.75) is 31.8 Å². The predicted octanol–water partition coefficient (Wildman–Crippen LogP) is 1.24. The lowest BCUT2D eigenvalue weighted by atomic mass is 10.1. The second-order valence-corrected chi connectivity index (χ2v) is 6.98. The zero-order valence-corrected chi connectivity index (χ0v) is 12.9. The number of sulfonamides is 1. The molecule has 1 unspecified atom stereocenters. The molecule has 1 rings (SSSR count). The number of halogens is 1. The van der Waals surface area contributed by atoms with E-state index in [1.54, 1.807) is 14.1 Å². The van der Waals surface area contributed by atoms with Crippen LogP contribution in [0.2, 0.25) is 0 Å². The van der Waals surface area contributed by atoms with Crippen LogP contribution in [0.15, 0.2) is 9.63 Å². The van der Waals surface area contributed by atoms with Gasteiger partial charge in [-0.05, 0) is 28.8 Å². The molecule has 0 N–H and O–H groups in total. The largest absolute Gasteiger partial charge is 0.263 e. The lowest BCUT2D eigenvalue weighted by Gasteiger charge is -2.26. The van der Waals surface area contributed by atoms with Gasteiger partial charge in [0.15, 0.2) is 4.60 Å². The average molecular weight is 325 g/mol. The van der Waals surface area contributed by atoms with Gasteiger partial charge in [-0.25, -0.2) is 13.1 Å². The van der Waals surface area contributed by atoms with Crippen LogP contribution in [0.4, 0.5) is 0 Å². The number of aromatic nitrogens is 3. The summed E-state index contributed by atoms with van der Waals surface area (Å²) in [5, 5.41) is 7.45. The Morgan fingerprint density at radius 3 is 2.24 bits per heavy atom. The van der Waals surface area contributed by atoms with Gasteiger partial charge in [-0.1, -0.05) is 19.1 Å². The Morgan fingerprint density at radius 2 is 1.88 bits per heavy atom. The van der Waals surface area contributed by atoms with E-state index in [2.05, 4.69) is 26.2 Å². The summed E-state index contributed by atoms with van der Waals surface area (Å²) in [5.41, 5.74) is 0. The molecule has 0 fully saturated rings. The van der Waals surface area contributed by atoms with Gasteiger partial charge in [0.05, 0.1) is 0 Å². The minimum absolute atomic E-state index is 0.0764. The van der Waals surface area contributed by atoms with Gasteiger partial charge in [0, 0.05) is 20.1 Å². The Kier molecular flexibility index (Phi) is 4.32. The third-order valence-corrected chi connectivity index (χ3v) is 5.73. The Labute approximate surface area is 110 Å². The van der Waals surface area contributed by atoms with E-state index in [9.17, 15) is 8.42 Å². The van der Waals surface area contributed by atoms with Crippen LogP contribution in [-0.2, 0) is 17.1 Å². The van der Waals surface area contributed by atoms with Gasteiger partial charge in [-0.15, -0.1) is 5.10 Å². The van der Waals surface area contributed by atoms with Gasteiger partial charge in [0.1, 0.15) is 0 Å². The first-order valence-corrected chi connectivity index (χ1v) is 7.46. The van der Waals surface area contributed by atoms with E-state index in [0.29, 0.717) is 0 Å². The van der Waals surface area contributed by atoms with Gasteiger partial charge in [0.25, 0.3) is 10.0 Å². The molecule has 8 heteroatoms. The number of hydrogen-bond acceptors (Lipinski definition) is 4. The highest BCUT2D eigenvalue weighted by molar-refractivity contribution is 9.10. The average Bonchev–Trinajstić information content (AvgIpc) is 2.56. The van der Waals surface area contributed by atoms with Crippen LogP contribution in [-0.4, -0.2) is 40.8 Å². The molecule has 1 aromatic rings. The lowest BCUT2D eigenvalue weighted by Crippen LogP contribution is -2.39. The molecule has 1 heterocycles. The molecule has 6 nitrogen and oxygen atoms in total. The van der Waals surface area contributed by atoms with Crippen molar-refractivity contribution in [3.8, 4) is 0 Å². The molecule has 0 aliphatic heterocycles. The van der Waals surface area contributed by atoms with E-state index in [4.69, 9.17) is 0 Å². The van der Waals surface area contributed by atoms with E-state index in [1.807, 2.05) is 20.8 Å². The van der Waals surface area contributed by atoms with Gasteiger partial charge in [-0.2, -0.15) is 4.31 Å². The van der Waals surface area contributed by atoms with Gasteiger partial charge < -0.3 is 0 Å². The summed E-state index contributed by atoms with van der Waals surface area (Å²) in [5.74, 6) is 0.231. The summed E-state index contributed by atoms with van der Waals surface area (Å²) in [6.07, 6.45) is 0. The van der Waals surface area contributed by atoms with Crippen molar-refractivity contribution in [3.05, 3.63) is 4.60 Å².